The Morgan fingerprint density at radius 2 is 1.26 bits per heavy atom. The summed E-state index contributed by atoms with van der Waals surface area (Å²) >= 11 is 12.3. The zero-order valence-corrected chi connectivity index (χ0v) is 25.1. The Morgan fingerprint density at radius 3 is 1.74 bits per heavy atom. The third-order valence-corrected chi connectivity index (χ3v) is 7.50. The van der Waals surface area contributed by atoms with Crippen LogP contribution in [-0.2, 0) is 6.42 Å². The van der Waals surface area contributed by atoms with E-state index in [1.54, 1.807) is 12.1 Å². The zero-order valence-electron chi connectivity index (χ0n) is 23.6. The van der Waals surface area contributed by atoms with Gasteiger partial charge in [-0.2, -0.15) is 0 Å². The number of nitrogens with zero attached hydrogens (tertiary/aromatic N) is 1. The smallest absolute Gasteiger partial charge is 0.335 e. The molecule has 3 N–H and O–H groups in total. The predicted molar refractivity (Wildman–Crippen MR) is 169 cm³/mol. The fourth-order valence-corrected chi connectivity index (χ4v) is 4.90. The number of carbonyl (C=O) groups is 1. The Morgan fingerprint density at radius 1 is 0.786 bits per heavy atom. The van der Waals surface area contributed by atoms with E-state index in [1.165, 1.54) is 28.8 Å². The van der Waals surface area contributed by atoms with Crippen LogP contribution in [0.2, 0.25) is 10.0 Å². The first-order valence-electron chi connectivity index (χ1n) is 13.9. The number of rotatable bonds is 15. The van der Waals surface area contributed by atoms with Crippen molar-refractivity contribution in [3.8, 4) is 11.5 Å². The Labute approximate surface area is 257 Å². The average Bonchev–Trinajstić information content (AvgIpc) is 2.99. The lowest BCUT2D eigenvalue weighted by atomic mass is 9.91. The van der Waals surface area contributed by atoms with Gasteiger partial charge in [-0.25, -0.2) is 4.79 Å². The molecular weight excluding hydrogens is 571 g/mol. The van der Waals surface area contributed by atoms with Crippen molar-refractivity contribution in [2.24, 2.45) is 5.73 Å². The van der Waals surface area contributed by atoms with Crippen LogP contribution in [0.3, 0.4) is 0 Å². The van der Waals surface area contributed by atoms with E-state index in [4.69, 9.17) is 43.5 Å². The molecule has 0 saturated heterocycles. The van der Waals surface area contributed by atoms with Crippen molar-refractivity contribution in [1.29, 1.82) is 0 Å². The van der Waals surface area contributed by atoms with Crippen LogP contribution < -0.4 is 15.2 Å². The SMILES string of the molecule is CN(CCCc1ccc(OCC(N)COc2ccc(C(=O)O)cc2)cc1)CC(c1ccc(Cl)cc1)c1ccc(Cl)cc1. The quantitative estimate of drug-likeness (QED) is 0.149. The minimum absolute atomic E-state index is 0.211. The Kier molecular flexibility index (Phi) is 11.7. The van der Waals surface area contributed by atoms with E-state index >= 15 is 0 Å². The van der Waals surface area contributed by atoms with E-state index in [-0.39, 0.29) is 24.1 Å². The predicted octanol–water partition coefficient (Wildman–Crippen LogP) is 7.17. The molecule has 220 valence electrons. The second kappa shape index (κ2) is 15.6. The van der Waals surface area contributed by atoms with Crippen LogP contribution >= 0.6 is 23.2 Å². The average molecular weight is 608 g/mol. The van der Waals surface area contributed by atoms with Crippen molar-refractivity contribution >= 4 is 29.2 Å². The second-order valence-corrected chi connectivity index (χ2v) is 11.2. The number of carboxylic acid groups (broad SMARTS) is 1. The third-order valence-electron chi connectivity index (χ3n) is 7.00. The minimum atomic E-state index is -0.973. The van der Waals surface area contributed by atoms with Gasteiger partial charge in [0, 0.05) is 22.5 Å². The molecule has 0 aliphatic carbocycles. The van der Waals surface area contributed by atoms with Crippen LogP contribution in [0.25, 0.3) is 0 Å². The van der Waals surface area contributed by atoms with Crippen molar-refractivity contribution in [3.63, 3.8) is 0 Å². The van der Waals surface area contributed by atoms with Gasteiger partial charge >= 0.3 is 5.97 Å². The largest absolute Gasteiger partial charge is 0.492 e. The van der Waals surface area contributed by atoms with E-state index in [0.29, 0.717) is 12.4 Å². The van der Waals surface area contributed by atoms with E-state index in [1.807, 2.05) is 36.4 Å². The maximum atomic E-state index is 11.0. The molecule has 0 radical (unpaired) electrons. The molecule has 4 aromatic carbocycles. The molecule has 0 amide bonds. The highest BCUT2D eigenvalue weighted by Crippen LogP contribution is 2.28. The van der Waals surface area contributed by atoms with Crippen LogP contribution in [0.1, 0.15) is 39.4 Å². The molecule has 0 spiro atoms. The summed E-state index contributed by atoms with van der Waals surface area (Å²) in [4.78, 5) is 13.3. The molecule has 1 atom stereocenters. The molecule has 0 bridgehead atoms. The van der Waals surface area contributed by atoms with Crippen LogP contribution in [0, 0.1) is 0 Å². The first-order valence-corrected chi connectivity index (χ1v) is 14.7. The Hall–Kier alpha value is -3.55. The molecule has 4 rings (SSSR count). The number of likely N-dealkylation sites (N-methyl/N-ethyl adjacent to an activating group) is 1. The van der Waals surface area contributed by atoms with Gasteiger partial charge in [0.05, 0.1) is 11.6 Å². The standard InChI is InChI=1S/C34H36Cl2N2O4/c1-38(21-33(25-6-12-28(35)13-7-25)26-8-14-29(36)15-9-26)20-2-3-24-4-16-31(17-5-24)41-22-30(37)23-42-32-18-10-27(11-19-32)34(39)40/h4-19,30,33H,2-3,20-23,37H2,1H3,(H,39,40). The summed E-state index contributed by atoms with van der Waals surface area (Å²) in [6, 6.07) is 30.2. The van der Waals surface area contributed by atoms with Crippen LogP contribution in [-0.4, -0.2) is 55.4 Å². The molecule has 1 unspecified atom stereocenters. The van der Waals surface area contributed by atoms with Crippen molar-refractivity contribution in [3.05, 3.63) is 129 Å². The molecule has 0 aromatic heterocycles. The molecule has 0 aliphatic rings. The summed E-state index contributed by atoms with van der Waals surface area (Å²) in [7, 11) is 2.16. The van der Waals surface area contributed by atoms with Crippen LogP contribution in [0.4, 0.5) is 0 Å². The Balaban J connectivity index is 1.20. The molecule has 42 heavy (non-hydrogen) atoms. The van der Waals surface area contributed by atoms with Gasteiger partial charge in [0.1, 0.15) is 24.7 Å². The minimum Gasteiger partial charge on any atom is -0.492 e. The van der Waals surface area contributed by atoms with E-state index < -0.39 is 5.97 Å². The van der Waals surface area contributed by atoms with Crippen LogP contribution in [0.15, 0.2) is 97.1 Å². The van der Waals surface area contributed by atoms with E-state index in [2.05, 4.69) is 48.3 Å². The highest BCUT2D eigenvalue weighted by atomic mass is 35.5. The van der Waals surface area contributed by atoms with Gasteiger partial charge in [-0.05, 0) is 104 Å². The Bertz CT molecular complexity index is 1350. The third kappa shape index (κ3) is 9.78. The molecule has 0 heterocycles. The number of aryl methyl sites for hydroxylation is 1. The topological polar surface area (TPSA) is 85.0 Å². The molecule has 0 fully saturated rings. The summed E-state index contributed by atoms with van der Waals surface area (Å²) < 4.78 is 11.5. The molecular formula is C34H36Cl2N2O4. The first kappa shape index (κ1) is 31.4. The lowest BCUT2D eigenvalue weighted by Gasteiger charge is -2.25. The van der Waals surface area contributed by atoms with Crippen molar-refractivity contribution in [2.75, 3.05) is 33.4 Å². The maximum Gasteiger partial charge on any atom is 0.335 e. The highest BCUT2D eigenvalue weighted by Gasteiger charge is 2.17. The summed E-state index contributed by atoms with van der Waals surface area (Å²) in [6.07, 6.45) is 1.99. The van der Waals surface area contributed by atoms with Crippen molar-refractivity contribution in [1.82, 2.24) is 4.90 Å². The van der Waals surface area contributed by atoms with Gasteiger partial charge in [-0.1, -0.05) is 59.6 Å². The number of aromatic carboxylic acids is 1. The summed E-state index contributed by atoms with van der Waals surface area (Å²) in [5.74, 6) is 0.565. The normalized spacial score (nSPS) is 12.0. The van der Waals surface area contributed by atoms with Gasteiger partial charge in [-0.3, -0.25) is 0 Å². The molecule has 0 saturated carbocycles. The number of halogens is 2. The maximum absolute atomic E-state index is 11.0. The van der Waals surface area contributed by atoms with Gasteiger partial charge in [0.25, 0.3) is 0 Å². The number of hydrogen-bond acceptors (Lipinski definition) is 5. The fourth-order valence-electron chi connectivity index (χ4n) is 4.65. The highest BCUT2D eigenvalue weighted by molar-refractivity contribution is 6.30. The lowest BCUT2D eigenvalue weighted by molar-refractivity contribution is 0.0697. The van der Waals surface area contributed by atoms with E-state index in [0.717, 1.165) is 41.7 Å². The summed E-state index contributed by atoms with van der Waals surface area (Å²) in [6.45, 7) is 2.41. The van der Waals surface area contributed by atoms with Crippen molar-refractivity contribution in [2.45, 2.75) is 24.8 Å². The van der Waals surface area contributed by atoms with Gasteiger partial charge < -0.3 is 25.2 Å². The molecule has 4 aromatic rings. The number of carboxylic acids is 1. The monoisotopic (exact) mass is 606 g/mol. The fraction of sp³-hybridized carbons (Fsp3) is 0.265. The number of benzene rings is 4. The molecule has 8 heteroatoms. The van der Waals surface area contributed by atoms with Gasteiger partial charge in [0.2, 0.25) is 0 Å². The van der Waals surface area contributed by atoms with E-state index in [9.17, 15) is 4.79 Å². The van der Waals surface area contributed by atoms with Crippen LogP contribution in [0.5, 0.6) is 11.5 Å². The number of hydrogen-bond donors (Lipinski definition) is 2. The molecule has 6 nitrogen and oxygen atoms in total. The number of ether oxygens (including phenoxy) is 2. The zero-order chi connectivity index (χ0) is 29.9. The number of nitrogens with two attached hydrogens (primary N) is 1. The first-order chi connectivity index (χ1) is 20.3. The summed E-state index contributed by atoms with van der Waals surface area (Å²) in [5.41, 5.74) is 10.0. The summed E-state index contributed by atoms with van der Waals surface area (Å²) in [5, 5.41) is 10.4. The lowest BCUT2D eigenvalue weighted by Crippen LogP contribution is -2.34. The van der Waals surface area contributed by atoms with Gasteiger partial charge in [-0.15, -0.1) is 0 Å². The second-order valence-electron chi connectivity index (χ2n) is 10.4. The van der Waals surface area contributed by atoms with Gasteiger partial charge in [0.15, 0.2) is 0 Å². The van der Waals surface area contributed by atoms with Crippen molar-refractivity contribution < 1.29 is 19.4 Å². The molecule has 0 aliphatic heterocycles.